The quantitative estimate of drug-likeness (QED) is 0.712. The van der Waals surface area contributed by atoms with Crippen molar-refractivity contribution in [3.05, 3.63) is 24.2 Å². The number of rotatable bonds is 3. The maximum absolute atomic E-state index is 5.52. The second-order valence-corrected chi connectivity index (χ2v) is 2.58. The Bertz CT molecular complexity index is 323. The Morgan fingerprint density at radius 2 is 2.38 bits per heavy atom. The van der Waals surface area contributed by atoms with Crippen LogP contribution in [0.2, 0.25) is 0 Å². The molecule has 0 amide bonds. The average molecular weight is 179 g/mol. The first-order chi connectivity index (χ1) is 6.15. The Hall–Kier alpha value is -1.58. The molecule has 4 heteroatoms. The standard InChI is InChI=1S/C9H13N3O/c1-4-13-7(3)8-5-11-9(10)6(2)12-8/h5H,3-4H2,1-2H3,(H2,10,11). The van der Waals surface area contributed by atoms with Gasteiger partial charge in [0.15, 0.2) is 0 Å². The van der Waals surface area contributed by atoms with Crippen LogP contribution >= 0.6 is 0 Å². The summed E-state index contributed by atoms with van der Waals surface area (Å²) in [4.78, 5) is 8.14. The second-order valence-electron chi connectivity index (χ2n) is 2.58. The largest absolute Gasteiger partial charge is 0.492 e. The van der Waals surface area contributed by atoms with Gasteiger partial charge in [0.05, 0.1) is 18.5 Å². The molecule has 13 heavy (non-hydrogen) atoms. The number of nitrogens with two attached hydrogens (primary N) is 1. The third-order valence-electron chi connectivity index (χ3n) is 1.59. The molecule has 0 fully saturated rings. The molecule has 0 atom stereocenters. The highest BCUT2D eigenvalue weighted by Crippen LogP contribution is 2.12. The number of ether oxygens (including phenoxy) is 1. The van der Waals surface area contributed by atoms with Gasteiger partial charge in [-0.25, -0.2) is 9.97 Å². The fourth-order valence-electron chi connectivity index (χ4n) is 0.873. The summed E-state index contributed by atoms with van der Waals surface area (Å²) in [5, 5.41) is 0. The van der Waals surface area contributed by atoms with Gasteiger partial charge in [-0.2, -0.15) is 0 Å². The first kappa shape index (κ1) is 9.51. The summed E-state index contributed by atoms with van der Waals surface area (Å²) in [6.45, 7) is 7.98. The van der Waals surface area contributed by atoms with Crippen LogP contribution in [0, 0.1) is 6.92 Å². The van der Waals surface area contributed by atoms with Gasteiger partial charge in [0, 0.05) is 0 Å². The Morgan fingerprint density at radius 3 is 2.92 bits per heavy atom. The van der Waals surface area contributed by atoms with Gasteiger partial charge < -0.3 is 10.5 Å². The van der Waals surface area contributed by atoms with Crippen LogP contribution in [-0.2, 0) is 4.74 Å². The summed E-state index contributed by atoms with van der Waals surface area (Å²) in [5.74, 6) is 0.964. The van der Waals surface area contributed by atoms with E-state index in [4.69, 9.17) is 10.5 Å². The van der Waals surface area contributed by atoms with E-state index in [2.05, 4.69) is 16.5 Å². The van der Waals surface area contributed by atoms with Crippen molar-refractivity contribution in [2.75, 3.05) is 12.3 Å². The van der Waals surface area contributed by atoms with E-state index in [1.165, 1.54) is 0 Å². The van der Waals surface area contributed by atoms with Crippen molar-refractivity contribution in [1.29, 1.82) is 0 Å². The van der Waals surface area contributed by atoms with Crippen molar-refractivity contribution in [1.82, 2.24) is 9.97 Å². The maximum atomic E-state index is 5.52. The Balaban J connectivity index is 2.90. The Morgan fingerprint density at radius 1 is 1.69 bits per heavy atom. The molecule has 1 aromatic rings. The van der Waals surface area contributed by atoms with Crippen molar-refractivity contribution in [3.8, 4) is 0 Å². The fraction of sp³-hybridized carbons (Fsp3) is 0.333. The van der Waals surface area contributed by atoms with Crippen LogP contribution < -0.4 is 5.73 Å². The summed E-state index contributed by atoms with van der Waals surface area (Å²) in [6.07, 6.45) is 1.56. The van der Waals surface area contributed by atoms with E-state index >= 15 is 0 Å². The lowest BCUT2D eigenvalue weighted by molar-refractivity contribution is 0.297. The van der Waals surface area contributed by atoms with Crippen molar-refractivity contribution in [2.24, 2.45) is 0 Å². The molecule has 70 valence electrons. The van der Waals surface area contributed by atoms with Crippen LogP contribution in [0.4, 0.5) is 5.82 Å². The summed E-state index contributed by atoms with van der Waals surface area (Å²) in [5.41, 5.74) is 6.84. The molecule has 0 unspecified atom stereocenters. The van der Waals surface area contributed by atoms with Crippen molar-refractivity contribution < 1.29 is 4.74 Å². The smallest absolute Gasteiger partial charge is 0.144 e. The maximum Gasteiger partial charge on any atom is 0.144 e. The van der Waals surface area contributed by atoms with Gasteiger partial charge >= 0.3 is 0 Å². The summed E-state index contributed by atoms with van der Waals surface area (Å²) < 4.78 is 5.18. The number of aromatic nitrogens is 2. The molecule has 0 saturated carbocycles. The molecule has 1 heterocycles. The van der Waals surface area contributed by atoms with E-state index in [9.17, 15) is 0 Å². The van der Waals surface area contributed by atoms with Crippen LogP contribution in [0.5, 0.6) is 0 Å². The summed E-state index contributed by atoms with van der Waals surface area (Å²) in [6, 6.07) is 0. The van der Waals surface area contributed by atoms with E-state index in [0.29, 0.717) is 29.6 Å². The number of aryl methyl sites for hydroxylation is 1. The van der Waals surface area contributed by atoms with Gasteiger partial charge in [-0.05, 0) is 13.8 Å². The van der Waals surface area contributed by atoms with E-state index in [0.717, 1.165) is 0 Å². The van der Waals surface area contributed by atoms with Crippen molar-refractivity contribution in [3.63, 3.8) is 0 Å². The van der Waals surface area contributed by atoms with Gasteiger partial charge in [0.2, 0.25) is 0 Å². The van der Waals surface area contributed by atoms with E-state index < -0.39 is 0 Å². The zero-order valence-electron chi connectivity index (χ0n) is 7.87. The topological polar surface area (TPSA) is 61.0 Å². The molecule has 1 rings (SSSR count). The lowest BCUT2D eigenvalue weighted by Crippen LogP contribution is -2.01. The van der Waals surface area contributed by atoms with Crippen LogP contribution in [0.15, 0.2) is 12.8 Å². The number of hydrogen-bond donors (Lipinski definition) is 1. The molecule has 0 spiro atoms. The zero-order valence-corrected chi connectivity index (χ0v) is 7.87. The monoisotopic (exact) mass is 179 g/mol. The molecule has 0 radical (unpaired) electrons. The molecule has 0 bridgehead atoms. The molecule has 0 aromatic carbocycles. The van der Waals surface area contributed by atoms with E-state index in [1.807, 2.05) is 6.92 Å². The third-order valence-corrected chi connectivity index (χ3v) is 1.59. The Kier molecular flexibility index (Phi) is 2.84. The normalized spacial score (nSPS) is 9.69. The fourth-order valence-corrected chi connectivity index (χ4v) is 0.873. The molecule has 4 nitrogen and oxygen atoms in total. The van der Waals surface area contributed by atoms with Gasteiger partial charge in [-0.15, -0.1) is 0 Å². The van der Waals surface area contributed by atoms with E-state index in [1.54, 1.807) is 13.1 Å². The van der Waals surface area contributed by atoms with Gasteiger partial charge in [0.1, 0.15) is 17.3 Å². The summed E-state index contributed by atoms with van der Waals surface area (Å²) >= 11 is 0. The number of nitrogen functional groups attached to an aromatic ring is 1. The van der Waals surface area contributed by atoms with Crippen LogP contribution in [-0.4, -0.2) is 16.6 Å². The highest BCUT2D eigenvalue weighted by molar-refractivity contribution is 5.53. The highest BCUT2D eigenvalue weighted by atomic mass is 16.5. The molecule has 0 aliphatic heterocycles. The van der Waals surface area contributed by atoms with Crippen LogP contribution in [0.3, 0.4) is 0 Å². The SMILES string of the molecule is C=C(OCC)c1cnc(N)c(C)n1. The number of nitrogens with zero attached hydrogens (tertiary/aromatic N) is 2. The minimum atomic E-state index is 0.438. The predicted octanol–water partition coefficient (Wildman–Crippen LogP) is 1.37. The molecule has 0 saturated heterocycles. The minimum Gasteiger partial charge on any atom is -0.492 e. The second kappa shape index (κ2) is 3.89. The first-order valence-electron chi connectivity index (χ1n) is 4.06. The lowest BCUT2D eigenvalue weighted by Gasteiger charge is -2.06. The predicted molar refractivity (Wildman–Crippen MR) is 51.8 cm³/mol. The molecular formula is C9H13N3O. The first-order valence-corrected chi connectivity index (χ1v) is 4.06. The highest BCUT2D eigenvalue weighted by Gasteiger charge is 2.03. The van der Waals surface area contributed by atoms with Crippen molar-refractivity contribution in [2.45, 2.75) is 13.8 Å². The van der Waals surface area contributed by atoms with Gasteiger partial charge in [0.25, 0.3) is 0 Å². The molecule has 0 aliphatic carbocycles. The minimum absolute atomic E-state index is 0.438. The summed E-state index contributed by atoms with van der Waals surface area (Å²) in [7, 11) is 0. The molecule has 2 N–H and O–H groups in total. The lowest BCUT2D eigenvalue weighted by atomic mass is 10.3. The van der Waals surface area contributed by atoms with Crippen LogP contribution in [0.1, 0.15) is 18.3 Å². The van der Waals surface area contributed by atoms with Gasteiger partial charge in [-0.3, -0.25) is 0 Å². The molecule has 1 aromatic heterocycles. The molecule has 0 aliphatic rings. The zero-order chi connectivity index (χ0) is 9.84. The molecular weight excluding hydrogens is 166 g/mol. The van der Waals surface area contributed by atoms with Gasteiger partial charge in [-0.1, -0.05) is 6.58 Å². The number of hydrogen-bond acceptors (Lipinski definition) is 4. The van der Waals surface area contributed by atoms with Crippen LogP contribution in [0.25, 0.3) is 5.76 Å². The van der Waals surface area contributed by atoms with E-state index in [-0.39, 0.29) is 0 Å². The average Bonchev–Trinajstić information content (AvgIpc) is 2.10. The number of anilines is 1. The van der Waals surface area contributed by atoms with Crippen molar-refractivity contribution >= 4 is 11.6 Å². The Labute approximate surface area is 77.5 Å². The third kappa shape index (κ3) is 2.18.